The van der Waals surface area contributed by atoms with Gasteiger partial charge in [-0.2, -0.15) is 0 Å². The molecule has 0 amide bonds. The lowest BCUT2D eigenvalue weighted by Crippen LogP contribution is -2.02. The maximum Gasteiger partial charge on any atom is 0.305 e. The molecule has 104 valence electrons. The van der Waals surface area contributed by atoms with Crippen molar-refractivity contribution in [3.63, 3.8) is 0 Å². The van der Waals surface area contributed by atoms with E-state index in [9.17, 15) is 9.59 Å². The third kappa shape index (κ3) is 4.73. The van der Waals surface area contributed by atoms with Gasteiger partial charge in [0.25, 0.3) is 0 Å². The Morgan fingerprint density at radius 1 is 1.11 bits per heavy atom. The van der Waals surface area contributed by atoms with E-state index in [2.05, 4.69) is 4.74 Å². The first-order chi connectivity index (χ1) is 9.08. The molecule has 1 rings (SSSR count). The van der Waals surface area contributed by atoms with Crippen molar-refractivity contribution in [2.45, 2.75) is 32.6 Å². The molecule has 0 bridgehead atoms. The maximum absolute atomic E-state index is 12.0. The first kappa shape index (κ1) is 15.2. The molecule has 19 heavy (non-hydrogen) atoms. The lowest BCUT2D eigenvalue weighted by molar-refractivity contribution is -0.140. The Morgan fingerprint density at radius 2 is 1.79 bits per heavy atom. The highest BCUT2D eigenvalue weighted by Crippen LogP contribution is 2.19. The standard InChI is InChI=1S/C15H20O4/c1-11-10-12(8-9-14(11)18-2)13(16)6-4-5-7-15(17)19-3/h8-10H,4-7H2,1-3H3. The summed E-state index contributed by atoms with van der Waals surface area (Å²) in [7, 11) is 2.98. The first-order valence-corrected chi connectivity index (χ1v) is 6.33. The normalized spacial score (nSPS) is 10.1. The number of hydrogen-bond acceptors (Lipinski definition) is 4. The zero-order valence-electron chi connectivity index (χ0n) is 11.7. The molecule has 1 aromatic rings. The van der Waals surface area contributed by atoms with Crippen LogP contribution in [0, 0.1) is 6.92 Å². The largest absolute Gasteiger partial charge is 0.496 e. The van der Waals surface area contributed by atoms with Crippen LogP contribution in [0.4, 0.5) is 0 Å². The van der Waals surface area contributed by atoms with E-state index in [4.69, 9.17) is 4.74 Å². The molecule has 1 aromatic carbocycles. The summed E-state index contributed by atoms with van der Waals surface area (Å²) in [5.74, 6) is 0.644. The van der Waals surface area contributed by atoms with Gasteiger partial charge in [0.1, 0.15) is 5.75 Å². The van der Waals surface area contributed by atoms with Crippen molar-refractivity contribution in [3.05, 3.63) is 29.3 Å². The van der Waals surface area contributed by atoms with Crippen molar-refractivity contribution in [2.75, 3.05) is 14.2 Å². The molecule has 0 heterocycles. The van der Waals surface area contributed by atoms with Gasteiger partial charge in [0.05, 0.1) is 14.2 Å². The van der Waals surface area contributed by atoms with Gasteiger partial charge in [0.15, 0.2) is 5.78 Å². The molecular formula is C15H20O4. The summed E-state index contributed by atoms with van der Waals surface area (Å²) in [4.78, 5) is 22.9. The molecular weight excluding hydrogens is 244 g/mol. The fraction of sp³-hybridized carbons (Fsp3) is 0.467. The fourth-order valence-corrected chi connectivity index (χ4v) is 1.85. The zero-order chi connectivity index (χ0) is 14.3. The number of ether oxygens (including phenoxy) is 2. The Labute approximate surface area is 113 Å². The Bertz CT molecular complexity index is 451. The van der Waals surface area contributed by atoms with E-state index in [1.54, 1.807) is 19.2 Å². The number of hydrogen-bond donors (Lipinski definition) is 0. The number of Topliss-reactive ketones (excluding diaryl/α,β-unsaturated/α-hetero) is 1. The van der Waals surface area contributed by atoms with Crippen molar-refractivity contribution in [3.8, 4) is 5.75 Å². The molecule has 0 aromatic heterocycles. The van der Waals surface area contributed by atoms with Gasteiger partial charge in [0, 0.05) is 18.4 Å². The number of unbranched alkanes of at least 4 members (excludes halogenated alkanes) is 1. The molecule has 0 spiro atoms. The first-order valence-electron chi connectivity index (χ1n) is 6.33. The summed E-state index contributed by atoms with van der Waals surface area (Å²) in [5, 5.41) is 0. The topological polar surface area (TPSA) is 52.6 Å². The molecule has 4 nitrogen and oxygen atoms in total. The van der Waals surface area contributed by atoms with Gasteiger partial charge in [-0.1, -0.05) is 0 Å². The van der Waals surface area contributed by atoms with Crippen LogP contribution in [0.15, 0.2) is 18.2 Å². The van der Waals surface area contributed by atoms with E-state index in [0.29, 0.717) is 31.2 Å². The third-order valence-electron chi connectivity index (χ3n) is 2.98. The molecule has 0 saturated heterocycles. The van der Waals surface area contributed by atoms with Crippen LogP contribution in [0.5, 0.6) is 5.75 Å². The molecule has 4 heteroatoms. The smallest absolute Gasteiger partial charge is 0.305 e. The second kappa shape index (κ2) is 7.56. The minimum absolute atomic E-state index is 0.0932. The van der Waals surface area contributed by atoms with Crippen LogP contribution in [0.1, 0.15) is 41.6 Å². The van der Waals surface area contributed by atoms with Crippen LogP contribution < -0.4 is 4.74 Å². The van der Waals surface area contributed by atoms with Gasteiger partial charge in [0.2, 0.25) is 0 Å². The van der Waals surface area contributed by atoms with Crippen LogP contribution >= 0.6 is 0 Å². The van der Waals surface area contributed by atoms with Gasteiger partial charge < -0.3 is 9.47 Å². The summed E-state index contributed by atoms with van der Waals surface area (Å²) >= 11 is 0. The predicted octanol–water partition coefficient (Wildman–Crippen LogP) is 2.92. The minimum atomic E-state index is -0.229. The maximum atomic E-state index is 12.0. The molecule has 0 N–H and O–H groups in total. The van der Waals surface area contributed by atoms with Crippen molar-refractivity contribution < 1.29 is 19.1 Å². The second-order valence-corrected chi connectivity index (χ2v) is 4.39. The van der Waals surface area contributed by atoms with Crippen molar-refractivity contribution in [1.29, 1.82) is 0 Å². The monoisotopic (exact) mass is 264 g/mol. The van der Waals surface area contributed by atoms with Crippen molar-refractivity contribution in [1.82, 2.24) is 0 Å². The van der Waals surface area contributed by atoms with Gasteiger partial charge in [-0.05, 0) is 43.5 Å². The number of carbonyl (C=O) groups is 2. The molecule has 0 unspecified atom stereocenters. The van der Waals surface area contributed by atoms with Gasteiger partial charge in [-0.3, -0.25) is 9.59 Å². The van der Waals surface area contributed by atoms with E-state index >= 15 is 0 Å². The van der Waals surface area contributed by atoms with Gasteiger partial charge in [-0.15, -0.1) is 0 Å². The van der Waals surface area contributed by atoms with Crippen LogP contribution in [0.25, 0.3) is 0 Å². The van der Waals surface area contributed by atoms with Crippen LogP contribution in [-0.4, -0.2) is 26.0 Å². The highest BCUT2D eigenvalue weighted by molar-refractivity contribution is 5.96. The lowest BCUT2D eigenvalue weighted by Gasteiger charge is -2.06. The second-order valence-electron chi connectivity index (χ2n) is 4.39. The molecule has 0 aliphatic rings. The highest BCUT2D eigenvalue weighted by atomic mass is 16.5. The zero-order valence-corrected chi connectivity index (χ0v) is 11.7. The van der Waals surface area contributed by atoms with Crippen molar-refractivity contribution >= 4 is 11.8 Å². The average Bonchev–Trinajstić information content (AvgIpc) is 2.42. The Kier molecular flexibility index (Phi) is 6.06. The molecule has 0 radical (unpaired) electrons. The number of esters is 1. The Balaban J connectivity index is 2.45. The molecule has 0 aliphatic heterocycles. The highest BCUT2D eigenvalue weighted by Gasteiger charge is 2.08. The minimum Gasteiger partial charge on any atom is -0.496 e. The van der Waals surface area contributed by atoms with Crippen molar-refractivity contribution in [2.24, 2.45) is 0 Å². The van der Waals surface area contributed by atoms with Crippen LogP contribution in [0.3, 0.4) is 0 Å². The summed E-state index contributed by atoms with van der Waals surface area (Å²) in [5.41, 5.74) is 1.64. The SMILES string of the molecule is COC(=O)CCCCC(=O)c1ccc(OC)c(C)c1. The van der Waals surface area contributed by atoms with Gasteiger partial charge in [-0.25, -0.2) is 0 Å². The van der Waals surface area contributed by atoms with E-state index < -0.39 is 0 Å². The average molecular weight is 264 g/mol. The number of methoxy groups -OCH3 is 2. The predicted molar refractivity (Wildman–Crippen MR) is 72.5 cm³/mol. The summed E-state index contributed by atoms with van der Waals surface area (Å²) in [6.07, 6.45) is 2.18. The number of ketones is 1. The molecule has 0 saturated carbocycles. The summed E-state index contributed by atoms with van der Waals surface area (Å²) in [6, 6.07) is 5.41. The molecule has 0 atom stereocenters. The fourth-order valence-electron chi connectivity index (χ4n) is 1.85. The quantitative estimate of drug-likeness (QED) is 0.431. The number of benzene rings is 1. The molecule has 0 aliphatic carbocycles. The number of rotatable bonds is 7. The van der Waals surface area contributed by atoms with Gasteiger partial charge >= 0.3 is 5.97 Å². The number of carbonyl (C=O) groups excluding carboxylic acids is 2. The Hall–Kier alpha value is -1.84. The summed E-state index contributed by atoms with van der Waals surface area (Å²) < 4.78 is 9.70. The lowest BCUT2D eigenvalue weighted by atomic mass is 10.0. The van der Waals surface area contributed by atoms with Crippen LogP contribution in [-0.2, 0) is 9.53 Å². The summed E-state index contributed by atoms with van der Waals surface area (Å²) in [6.45, 7) is 1.91. The number of aryl methyl sites for hydroxylation is 1. The third-order valence-corrected chi connectivity index (χ3v) is 2.98. The Morgan fingerprint density at radius 3 is 2.37 bits per heavy atom. The van der Waals surface area contributed by atoms with E-state index in [0.717, 1.165) is 11.3 Å². The molecule has 0 fully saturated rings. The van der Waals surface area contributed by atoms with E-state index in [1.165, 1.54) is 7.11 Å². The van der Waals surface area contributed by atoms with Crippen LogP contribution in [0.2, 0.25) is 0 Å². The van der Waals surface area contributed by atoms with E-state index in [-0.39, 0.29) is 11.8 Å². The van der Waals surface area contributed by atoms with E-state index in [1.807, 2.05) is 13.0 Å².